The SMILES string of the molecule is COc1ccc(Cl)cc1N1CCC(NC(=O)C2(N)CC(OC)C2)C1.Cl.Cl. The van der Waals surface area contributed by atoms with E-state index in [0.29, 0.717) is 24.4 Å². The highest BCUT2D eigenvalue weighted by atomic mass is 35.5. The van der Waals surface area contributed by atoms with Crippen molar-refractivity contribution in [2.75, 3.05) is 32.2 Å². The van der Waals surface area contributed by atoms with Crippen molar-refractivity contribution in [1.29, 1.82) is 0 Å². The van der Waals surface area contributed by atoms with E-state index in [1.54, 1.807) is 20.3 Å². The van der Waals surface area contributed by atoms with Crippen LogP contribution in [0.2, 0.25) is 5.02 Å². The lowest BCUT2D eigenvalue weighted by Gasteiger charge is -2.42. The Labute approximate surface area is 171 Å². The van der Waals surface area contributed by atoms with Crippen LogP contribution in [0, 0.1) is 0 Å². The molecule has 1 unspecified atom stereocenters. The second-order valence-electron chi connectivity index (χ2n) is 6.64. The van der Waals surface area contributed by atoms with Gasteiger partial charge >= 0.3 is 0 Å². The minimum atomic E-state index is -0.790. The van der Waals surface area contributed by atoms with E-state index in [9.17, 15) is 4.79 Å². The van der Waals surface area contributed by atoms with E-state index in [1.807, 2.05) is 12.1 Å². The zero-order valence-corrected chi connectivity index (χ0v) is 17.3. The van der Waals surface area contributed by atoms with Crippen LogP contribution in [-0.2, 0) is 9.53 Å². The number of hydrogen-bond donors (Lipinski definition) is 2. The molecule has 0 aromatic heterocycles. The second kappa shape index (κ2) is 9.33. The van der Waals surface area contributed by atoms with E-state index in [4.69, 9.17) is 26.8 Å². The average Bonchev–Trinajstić information content (AvgIpc) is 2.99. The summed E-state index contributed by atoms with van der Waals surface area (Å²) in [7, 11) is 3.29. The van der Waals surface area contributed by atoms with Crippen LogP contribution in [0.25, 0.3) is 0 Å². The minimum Gasteiger partial charge on any atom is -0.495 e. The molecular formula is C17H26Cl3N3O3. The molecule has 1 aromatic rings. The maximum absolute atomic E-state index is 12.4. The van der Waals surface area contributed by atoms with Crippen molar-refractivity contribution in [2.24, 2.45) is 5.73 Å². The Morgan fingerprint density at radius 1 is 1.35 bits per heavy atom. The van der Waals surface area contributed by atoms with Gasteiger partial charge in [0.05, 0.1) is 18.9 Å². The molecule has 0 bridgehead atoms. The first-order valence-corrected chi connectivity index (χ1v) is 8.54. The summed E-state index contributed by atoms with van der Waals surface area (Å²) >= 11 is 6.11. The molecule has 1 heterocycles. The summed E-state index contributed by atoms with van der Waals surface area (Å²) in [6.45, 7) is 1.55. The van der Waals surface area contributed by atoms with Crippen LogP contribution in [0.1, 0.15) is 19.3 Å². The van der Waals surface area contributed by atoms with Gasteiger partial charge in [-0.25, -0.2) is 0 Å². The van der Waals surface area contributed by atoms with Crippen molar-refractivity contribution in [3.63, 3.8) is 0 Å². The Morgan fingerprint density at radius 3 is 2.65 bits per heavy atom. The summed E-state index contributed by atoms with van der Waals surface area (Å²) in [5, 5.41) is 3.75. The van der Waals surface area contributed by atoms with Gasteiger partial charge in [-0.2, -0.15) is 0 Å². The third kappa shape index (κ3) is 4.67. The molecule has 0 radical (unpaired) electrons. The Hall–Kier alpha value is -0.920. The summed E-state index contributed by atoms with van der Waals surface area (Å²) in [6.07, 6.45) is 2.11. The van der Waals surface area contributed by atoms with Gasteiger partial charge < -0.3 is 25.4 Å². The number of anilines is 1. The number of hydrogen-bond acceptors (Lipinski definition) is 5. The first-order chi connectivity index (χ1) is 11.4. The number of carbonyl (C=O) groups is 1. The maximum atomic E-state index is 12.4. The second-order valence-corrected chi connectivity index (χ2v) is 7.08. The predicted molar refractivity (Wildman–Crippen MR) is 108 cm³/mol. The van der Waals surface area contributed by atoms with Crippen LogP contribution < -0.4 is 20.7 Å². The third-order valence-corrected chi connectivity index (χ3v) is 5.21. The molecular weight excluding hydrogens is 401 g/mol. The van der Waals surface area contributed by atoms with E-state index < -0.39 is 5.54 Å². The molecule has 3 rings (SSSR count). The Morgan fingerprint density at radius 2 is 2.04 bits per heavy atom. The van der Waals surface area contributed by atoms with Crippen LogP contribution in [-0.4, -0.2) is 50.9 Å². The highest BCUT2D eigenvalue weighted by Gasteiger charge is 2.48. The molecule has 1 amide bonds. The molecule has 1 saturated carbocycles. The summed E-state index contributed by atoms with van der Waals surface area (Å²) < 4.78 is 10.6. The summed E-state index contributed by atoms with van der Waals surface area (Å²) in [5.41, 5.74) is 6.32. The van der Waals surface area contributed by atoms with E-state index in [2.05, 4.69) is 10.2 Å². The van der Waals surface area contributed by atoms with Crippen molar-refractivity contribution < 1.29 is 14.3 Å². The number of methoxy groups -OCH3 is 2. The largest absolute Gasteiger partial charge is 0.495 e. The van der Waals surface area contributed by atoms with Crippen molar-refractivity contribution in [2.45, 2.75) is 36.9 Å². The summed E-state index contributed by atoms with van der Waals surface area (Å²) in [5.74, 6) is 0.698. The van der Waals surface area contributed by atoms with Crippen LogP contribution in [0.3, 0.4) is 0 Å². The predicted octanol–water partition coefficient (Wildman–Crippen LogP) is 2.39. The lowest BCUT2D eigenvalue weighted by atomic mass is 9.74. The number of ether oxygens (including phenoxy) is 2. The number of nitrogens with one attached hydrogen (secondary N) is 1. The van der Waals surface area contributed by atoms with Gasteiger partial charge in [-0.1, -0.05) is 11.6 Å². The highest BCUT2D eigenvalue weighted by molar-refractivity contribution is 6.30. The van der Waals surface area contributed by atoms with Crippen LogP contribution in [0.15, 0.2) is 18.2 Å². The number of amides is 1. The fourth-order valence-corrected chi connectivity index (χ4v) is 3.61. The van der Waals surface area contributed by atoms with Gasteiger partial charge in [-0.15, -0.1) is 24.8 Å². The van der Waals surface area contributed by atoms with Crippen LogP contribution in [0.4, 0.5) is 5.69 Å². The van der Waals surface area contributed by atoms with Gasteiger partial charge in [0.2, 0.25) is 5.91 Å². The van der Waals surface area contributed by atoms with Gasteiger partial charge in [0.15, 0.2) is 0 Å². The number of rotatable bonds is 5. The first kappa shape index (κ1) is 23.1. The number of benzene rings is 1. The molecule has 1 atom stereocenters. The topological polar surface area (TPSA) is 76.8 Å². The van der Waals surface area contributed by atoms with Crippen LogP contribution in [0.5, 0.6) is 5.75 Å². The quantitative estimate of drug-likeness (QED) is 0.756. The fourth-order valence-electron chi connectivity index (χ4n) is 3.44. The molecule has 6 nitrogen and oxygen atoms in total. The first-order valence-electron chi connectivity index (χ1n) is 8.16. The molecule has 1 saturated heterocycles. The normalized spacial score (nSPS) is 27.0. The minimum absolute atomic E-state index is 0. The van der Waals surface area contributed by atoms with E-state index in [0.717, 1.165) is 24.4 Å². The van der Waals surface area contributed by atoms with Crippen molar-refractivity contribution in [1.82, 2.24) is 5.32 Å². The van der Waals surface area contributed by atoms with Gasteiger partial charge in [0, 0.05) is 44.1 Å². The molecule has 2 fully saturated rings. The molecule has 1 aliphatic heterocycles. The number of halogens is 3. The number of nitrogens with two attached hydrogens (primary N) is 1. The summed E-state index contributed by atoms with van der Waals surface area (Å²) in [4.78, 5) is 14.6. The molecule has 2 aliphatic rings. The Bertz CT molecular complexity index is 627. The monoisotopic (exact) mass is 425 g/mol. The fraction of sp³-hybridized carbons (Fsp3) is 0.588. The van der Waals surface area contributed by atoms with Crippen molar-refractivity contribution in [3.8, 4) is 5.75 Å². The molecule has 1 aliphatic carbocycles. The number of carbonyl (C=O) groups excluding carboxylic acids is 1. The Balaban J connectivity index is 0.00000169. The standard InChI is InChI=1S/C17H24ClN3O3.2ClH/c1-23-13-8-17(19,9-13)16(22)20-12-5-6-21(10-12)14-7-11(18)3-4-15(14)24-2;;/h3-4,7,12-13H,5-6,8-10,19H2,1-2H3,(H,20,22);2*1H. The Kier molecular flexibility index (Phi) is 8.30. The van der Waals surface area contributed by atoms with Crippen LogP contribution >= 0.6 is 36.4 Å². The van der Waals surface area contributed by atoms with E-state index in [-0.39, 0.29) is 42.9 Å². The average molecular weight is 427 g/mol. The van der Waals surface area contributed by atoms with Gasteiger partial charge in [-0.3, -0.25) is 4.79 Å². The zero-order valence-electron chi connectivity index (χ0n) is 14.9. The molecule has 26 heavy (non-hydrogen) atoms. The lowest BCUT2D eigenvalue weighted by molar-refractivity contribution is -0.136. The van der Waals surface area contributed by atoms with E-state index >= 15 is 0 Å². The lowest BCUT2D eigenvalue weighted by Crippen LogP contribution is -2.65. The smallest absolute Gasteiger partial charge is 0.240 e. The molecule has 3 N–H and O–H groups in total. The number of nitrogens with zero attached hydrogens (tertiary/aromatic N) is 1. The molecule has 9 heteroatoms. The summed E-state index contributed by atoms with van der Waals surface area (Å²) in [6, 6.07) is 5.63. The zero-order chi connectivity index (χ0) is 17.3. The van der Waals surface area contributed by atoms with E-state index in [1.165, 1.54) is 0 Å². The van der Waals surface area contributed by atoms with Crippen molar-refractivity contribution in [3.05, 3.63) is 23.2 Å². The van der Waals surface area contributed by atoms with Gasteiger partial charge in [-0.05, 0) is 24.6 Å². The molecule has 1 aromatic carbocycles. The third-order valence-electron chi connectivity index (χ3n) is 4.97. The van der Waals surface area contributed by atoms with Gasteiger partial charge in [0.25, 0.3) is 0 Å². The molecule has 148 valence electrons. The van der Waals surface area contributed by atoms with Gasteiger partial charge in [0.1, 0.15) is 11.3 Å². The van der Waals surface area contributed by atoms with Crippen molar-refractivity contribution >= 4 is 48.0 Å². The molecule has 0 spiro atoms. The maximum Gasteiger partial charge on any atom is 0.240 e. The highest BCUT2D eigenvalue weighted by Crippen LogP contribution is 2.34.